The second-order valence-electron chi connectivity index (χ2n) is 4.84. The molecule has 1 saturated heterocycles. The van der Waals surface area contributed by atoms with Crippen LogP contribution in [0, 0.1) is 23.0 Å². The third-order valence-electron chi connectivity index (χ3n) is 3.51. The maximum Gasteiger partial charge on any atom is 0.314 e. The summed E-state index contributed by atoms with van der Waals surface area (Å²) in [6, 6.07) is 1.63. The molecule has 2 unspecified atom stereocenters. The zero-order valence-electron chi connectivity index (χ0n) is 10.5. The summed E-state index contributed by atoms with van der Waals surface area (Å²) in [6.45, 7) is 4.78. The van der Waals surface area contributed by atoms with E-state index in [1.165, 1.54) is 0 Å². The Morgan fingerprint density at radius 2 is 2.33 bits per heavy atom. The third kappa shape index (κ3) is 2.28. The SMILES string of the molecule is Cc1ccnc(N2CCC(C)C(O)C2)c1[N+](=O)[O-]. The highest BCUT2D eigenvalue weighted by atomic mass is 16.6. The van der Waals surface area contributed by atoms with Gasteiger partial charge in [0.15, 0.2) is 0 Å². The van der Waals surface area contributed by atoms with E-state index in [4.69, 9.17) is 0 Å². The van der Waals surface area contributed by atoms with Gasteiger partial charge in [-0.1, -0.05) is 6.92 Å². The van der Waals surface area contributed by atoms with Crippen LogP contribution in [0.25, 0.3) is 0 Å². The van der Waals surface area contributed by atoms with Crippen molar-refractivity contribution in [3.63, 3.8) is 0 Å². The molecule has 1 aliphatic rings. The predicted molar refractivity (Wildman–Crippen MR) is 67.6 cm³/mol. The van der Waals surface area contributed by atoms with Crippen molar-refractivity contribution in [2.24, 2.45) is 5.92 Å². The number of pyridine rings is 1. The molecule has 6 heteroatoms. The van der Waals surface area contributed by atoms with Crippen LogP contribution in [-0.4, -0.2) is 34.2 Å². The Labute approximate surface area is 105 Å². The van der Waals surface area contributed by atoms with E-state index < -0.39 is 11.0 Å². The molecule has 0 spiro atoms. The monoisotopic (exact) mass is 251 g/mol. The van der Waals surface area contributed by atoms with E-state index in [-0.39, 0.29) is 11.6 Å². The van der Waals surface area contributed by atoms with Crippen molar-refractivity contribution in [2.45, 2.75) is 26.4 Å². The molecule has 0 amide bonds. The van der Waals surface area contributed by atoms with Gasteiger partial charge in [0, 0.05) is 24.8 Å². The maximum atomic E-state index is 11.1. The van der Waals surface area contributed by atoms with Gasteiger partial charge in [0.05, 0.1) is 11.0 Å². The van der Waals surface area contributed by atoms with E-state index in [0.717, 1.165) is 6.42 Å². The average molecular weight is 251 g/mol. The van der Waals surface area contributed by atoms with Crippen LogP contribution in [0.1, 0.15) is 18.9 Å². The highest BCUT2D eigenvalue weighted by Crippen LogP contribution is 2.31. The Balaban J connectivity index is 2.34. The summed E-state index contributed by atoms with van der Waals surface area (Å²) in [4.78, 5) is 16.6. The number of piperidine rings is 1. The first-order chi connectivity index (χ1) is 8.50. The predicted octanol–water partition coefficient (Wildman–Crippen LogP) is 1.51. The summed E-state index contributed by atoms with van der Waals surface area (Å²) in [5.74, 6) is 0.594. The van der Waals surface area contributed by atoms with Gasteiger partial charge in [-0.25, -0.2) is 4.98 Å². The van der Waals surface area contributed by atoms with Gasteiger partial charge in [-0.2, -0.15) is 0 Å². The summed E-state index contributed by atoms with van der Waals surface area (Å²) >= 11 is 0. The molecule has 1 aromatic rings. The van der Waals surface area contributed by atoms with E-state index >= 15 is 0 Å². The molecule has 18 heavy (non-hydrogen) atoms. The zero-order valence-corrected chi connectivity index (χ0v) is 10.5. The molecule has 2 rings (SSSR count). The number of aromatic nitrogens is 1. The molecule has 0 saturated carbocycles. The van der Waals surface area contributed by atoms with Crippen LogP contribution in [0.4, 0.5) is 11.5 Å². The highest BCUT2D eigenvalue weighted by molar-refractivity contribution is 5.61. The van der Waals surface area contributed by atoms with Crippen LogP contribution >= 0.6 is 0 Å². The fraction of sp³-hybridized carbons (Fsp3) is 0.583. The van der Waals surface area contributed by atoms with Gasteiger partial charge in [-0.15, -0.1) is 0 Å². The fourth-order valence-electron chi connectivity index (χ4n) is 2.23. The lowest BCUT2D eigenvalue weighted by atomic mass is 9.96. The van der Waals surface area contributed by atoms with Gasteiger partial charge in [0.2, 0.25) is 5.82 Å². The minimum atomic E-state index is -0.458. The molecule has 2 atom stereocenters. The quantitative estimate of drug-likeness (QED) is 0.636. The first-order valence-corrected chi connectivity index (χ1v) is 6.03. The van der Waals surface area contributed by atoms with Gasteiger partial charge in [-0.3, -0.25) is 10.1 Å². The minimum absolute atomic E-state index is 0.0410. The number of hydrogen-bond acceptors (Lipinski definition) is 5. The maximum absolute atomic E-state index is 11.1. The van der Waals surface area contributed by atoms with Crippen LogP contribution in [-0.2, 0) is 0 Å². The number of aliphatic hydroxyl groups excluding tert-OH is 1. The second-order valence-corrected chi connectivity index (χ2v) is 4.84. The van der Waals surface area contributed by atoms with E-state index in [0.29, 0.717) is 24.5 Å². The standard InChI is InChI=1S/C12H17N3O3/c1-8-4-6-14(7-10(8)16)12-11(15(17)18)9(2)3-5-13-12/h3,5,8,10,16H,4,6-7H2,1-2H3. The topological polar surface area (TPSA) is 79.5 Å². The third-order valence-corrected chi connectivity index (χ3v) is 3.51. The summed E-state index contributed by atoms with van der Waals surface area (Å²) in [6.07, 6.45) is 1.93. The van der Waals surface area contributed by atoms with Crippen molar-refractivity contribution in [1.82, 2.24) is 4.98 Å². The van der Waals surface area contributed by atoms with Crippen molar-refractivity contribution in [2.75, 3.05) is 18.0 Å². The number of β-amino-alcohol motifs (C(OH)–C–C–N with tert-alkyl or cyclic N) is 1. The molecule has 0 aromatic carbocycles. The molecule has 98 valence electrons. The minimum Gasteiger partial charge on any atom is -0.391 e. The van der Waals surface area contributed by atoms with Crippen molar-refractivity contribution in [3.8, 4) is 0 Å². The van der Waals surface area contributed by atoms with Gasteiger partial charge >= 0.3 is 5.69 Å². The van der Waals surface area contributed by atoms with E-state index in [1.54, 1.807) is 24.1 Å². The first kappa shape index (κ1) is 12.8. The fourth-order valence-corrected chi connectivity index (χ4v) is 2.23. The van der Waals surface area contributed by atoms with Gasteiger partial charge < -0.3 is 10.0 Å². The number of nitrogens with zero attached hydrogens (tertiary/aromatic N) is 3. The van der Waals surface area contributed by atoms with E-state index in [9.17, 15) is 15.2 Å². The van der Waals surface area contributed by atoms with Gasteiger partial charge in [0.1, 0.15) is 0 Å². The van der Waals surface area contributed by atoms with Crippen LogP contribution in [0.2, 0.25) is 0 Å². The molecule has 0 aliphatic carbocycles. The number of hydrogen-bond donors (Lipinski definition) is 1. The molecular formula is C12H17N3O3. The molecule has 1 aromatic heterocycles. The number of anilines is 1. The Morgan fingerprint density at radius 1 is 1.61 bits per heavy atom. The summed E-state index contributed by atoms with van der Waals surface area (Å²) in [5, 5.41) is 21.0. The molecule has 0 radical (unpaired) electrons. The van der Waals surface area contributed by atoms with Crippen molar-refractivity contribution in [3.05, 3.63) is 27.9 Å². The van der Waals surface area contributed by atoms with E-state index in [2.05, 4.69) is 4.98 Å². The number of rotatable bonds is 2. The Bertz CT molecular complexity index is 464. The molecule has 1 aliphatic heterocycles. The summed E-state index contributed by atoms with van der Waals surface area (Å²) in [5.41, 5.74) is 0.636. The number of nitro groups is 1. The average Bonchev–Trinajstić information content (AvgIpc) is 2.32. The second kappa shape index (κ2) is 4.89. The van der Waals surface area contributed by atoms with Gasteiger partial charge in [-0.05, 0) is 25.3 Å². The van der Waals surface area contributed by atoms with Crippen molar-refractivity contribution >= 4 is 11.5 Å². The lowest BCUT2D eigenvalue weighted by molar-refractivity contribution is -0.384. The Morgan fingerprint density at radius 3 is 2.94 bits per heavy atom. The molecule has 6 nitrogen and oxygen atoms in total. The largest absolute Gasteiger partial charge is 0.391 e. The lowest BCUT2D eigenvalue weighted by Crippen LogP contribution is -2.43. The normalized spacial score (nSPS) is 24.1. The van der Waals surface area contributed by atoms with Crippen LogP contribution < -0.4 is 4.90 Å². The molecule has 1 fully saturated rings. The Hall–Kier alpha value is -1.69. The van der Waals surface area contributed by atoms with E-state index in [1.807, 2.05) is 6.92 Å². The number of aryl methyl sites for hydroxylation is 1. The van der Waals surface area contributed by atoms with Crippen molar-refractivity contribution in [1.29, 1.82) is 0 Å². The van der Waals surface area contributed by atoms with Crippen LogP contribution in [0.15, 0.2) is 12.3 Å². The van der Waals surface area contributed by atoms with Crippen molar-refractivity contribution < 1.29 is 10.0 Å². The first-order valence-electron chi connectivity index (χ1n) is 6.03. The molecule has 2 heterocycles. The lowest BCUT2D eigenvalue weighted by Gasteiger charge is -2.34. The summed E-state index contributed by atoms with van der Waals surface area (Å²) in [7, 11) is 0. The molecular weight excluding hydrogens is 234 g/mol. The zero-order chi connectivity index (χ0) is 13.3. The van der Waals surface area contributed by atoms with Crippen LogP contribution in [0.5, 0.6) is 0 Å². The van der Waals surface area contributed by atoms with Crippen LogP contribution in [0.3, 0.4) is 0 Å². The van der Waals surface area contributed by atoms with Gasteiger partial charge in [0.25, 0.3) is 0 Å². The highest BCUT2D eigenvalue weighted by Gasteiger charge is 2.30. The number of aliphatic hydroxyl groups is 1. The molecule has 1 N–H and O–H groups in total. The Kier molecular flexibility index (Phi) is 3.47. The summed E-state index contributed by atoms with van der Waals surface area (Å²) < 4.78 is 0. The molecule has 0 bridgehead atoms. The smallest absolute Gasteiger partial charge is 0.314 e.